The van der Waals surface area contributed by atoms with Crippen molar-refractivity contribution in [2.75, 3.05) is 39.0 Å². The third-order valence-corrected chi connectivity index (χ3v) is 8.23. The highest BCUT2D eigenvalue weighted by atomic mass is 19.1. The number of nitrogens with zero attached hydrogens (tertiary/aromatic N) is 8. The molecule has 10 nitrogen and oxygen atoms in total. The Morgan fingerprint density at radius 1 is 1.00 bits per heavy atom. The summed E-state index contributed by atoms with van der Waals surface area (Å²) < 4.78 is 18.3. The molecule has 3 N–H and O–H groups in total. The normalized spacial score (nSPS) is 15.4. The number of piperazine rings is 1. The molecule has 1 aromatic carbocycles. The van der Waals surface area contributed by atoms with E-state index >= 15 is 0 Å². The lowest BCUT2D eigenvalue weighted by atomic mass is 10.1. The summed E-state index contributed by atoms with van der Waals surface area (Å²) in [5.41, 5.74) is 12.5. The van der Waals surface area contributed by atoms with Crippen molar-refractivity contribution in [1.29, 1.82) is 0 Å². The number of nitrogens with two attached hydrogens (primary N) is 1. The maximum Gasteiger partial charge on any atom is 0.164 e. The number of aromatic nitrogens is 6. The van der Waals surface area contributed by atoms with Crippen molar-refractivity contribution in [3.8, 4) is 28.4 Å². The molecule has 43 heavy (non-hydrogen) atoms. The summed E-state index contributed by atoms with van der Waals surface area (Å²) in [7, 11) is 2.16. The van der Waals surface area contributed by atoms with Crippen molar-refractivity contribution in [2.45, 2.75) is 19.5 Å². The fourth-order valence-corrected chi connectivity index (χ4v) is 5.98. The van der Waals surface area contributed by atoms with Crippen LogP contribution in [0, 0.1) is 5.82 Å². The summed E-state index contributed by atoms with van der Waals surface area (Å²) in [6, 6.07) is 17.9. The quantitative estimate of drug-likeness (QED) is 0.296. The SMILES string of the molecule is CC(c1cc2ccccn2c1-c1cccc(CN2CCN(C)CC2)n1)n1nc(-c2cc(O)cc(F)c2)c2c(N)ncnc21. The van der Waals surface area contributed by atoms with E-state index in [0.717, 1.165) is 67.0 Å². The van der Waals surface area contributed by atoms with Crippen LogP contribution in [0.5, 0.6) is 5.75 Å². The molecule has 1 saturated heterocycles. The lowest BCUT2D eigenvalue weighted by Crippen LogP contribution is -2.44. The van der Waals surface area contributed by atoms with E-state index in [1.165, 1.54) is 18.5 Å². The molecule has 0 spiro atoms. The maximum absolute atomic E-state index is 14.3. The first kappa shape index (κ1) is 27.0. The highest BCUT2D eigenvalue weighted by Crippen LogP contribution is 2.38. The fourth-order valence-electron chi connectivity index (χ4n) is 5.98. The largest absolute Gasteiger partial charge is 0.508 e. The standard InChI is InChI=1S/C32H32FN9O/c1-20(42-32-28(31(34)35-19-36-32)29(38-42)21-14-22(33)16-25(43)15-21)26-17-24-7-3-4-9-41(24)30(26)27-8-5-6-23(37-27)18-40-12-10-39(2)11-13-40/h3-9,14-17,19-20,43H,10-13,18H2,1-2H3,(H2,34,35,36). The average Bonchev–Trinajstić information content (AvgIpc) is 3.58. The Hall–Kier alpha value is -4.87. The van der Waals surface area contributed by atoms with Crippen LogP contribution in [0.3, 0.4) is 0 Å². The number of nitrogen functional groups attached to an aromatic ring is 1. The molecule has 0 amide bonds. The molecule has 6 heterocycles. The van der Waals surface area contributed by atoms with Gasteiger partial charge in [-0.3, -0.25) is 4.90 Å². The molecular formula is C32H32FN9O. The van der Waals surface area contributed by atoms with E-state index in [2.05, 4.69) is 55.5 Å². The molecule has 0 radical (unpaired) electrons. The van der Waals surface area contributed by atoms with E-state index in [4.69, 9.17) is 15.8 Å². The minimum atomic E-state index is -0.579. The van der Waals surface area contributed by atoms with Crippen LogP contribution in [0.1, 0.15) is 24.2 Å². The predicted octanol–water partition coefficient (Wildman–Crippen LogP) is 4.59. The zero-order chi connectivity index (χ0) is 29.7. The fraction of sp³-hybridized carbons (Fsp3) is 0.250. The van der Waals surface area contributed by atoms with Crippen molar-refractivity contribution in [3.05, 3.63) is 90.3 Å². The van der Waals surface area contributed by atoms with E-state index < -0.39 is 5.82 Å². The monoisotopic (exact) mass is 577 g/mol. The number of rotatable bonds is 6. The van der Waals surface area contributed by atoms with Gasteiger partial charge in [0, 0.05) is 61.6 Å². The molecule has 6 aromatic rings. The predicted molar refractivity (Wildman–Crippen MR) is 164 cm³/mol. The maximum atomic E-state index is 14.3. The van der Waals surface area contributed by atoms with Gasteiger partial charge in [-0.15, -0.1) is 0 Å². The second-order valence-corrected chi connectivity index (χ2v) is 11.2. The number of hydrogen-bond acceptors (Lipinski definition) is 8. The average molecular weight is 578 g/mol. The minimum Gasteiger partial charge on any atom is -0.508 e. The second-order valence-electron chi connectivity index (χ2n) is 11.2. The number of halogens is 1. The first-order valence-electron chi connectivity index (χ1n) is 14.3. The van der Waals surface area contributed by atoms with Gasteiger partial charge in [-0.25, -0.2) is 24.0 Å². The number of phenolic OH excluding ortho intramolecular Hbond substituents is 1. The molecule has 1 aliphatic heterocycles. The molecule has 11 heteroatoms. The Morgan fingerprint density at radius 3 is 2.65 bits per heavy atom. The molecule has 1 unspecified atom stereocenters. The Morgan fingerprint density at radius 2 is 1.84 bits per heavy atom. The zero-order valence-electron chi connectivity index (χ0n) is 24.0. The lowest BCUT2D eigenvalue weighted by molar-refractivity contribution is 0.147. The number of anilines is 1. The van der Waals surface area contributed by atoms with Gasteiger partial charge in [0.1, 0.15) is 29.4 Å². The summed E-state index contributed by atoms with van der Waals surface area (Å²) in [6.07, 6.45) is 3.44. The van der Waals surface area contributed by atoms with Crippen molar-refractivity contribution >= 4 is 22.4 Å². The van der Waals surface area contributed by atoms with Gasteiger partial charge in [-0.05, 0) is 56.4 Å². The van der Waals surface area contributed by atoms with Crippen LogP contribution in [0.25, 0.3) is 39.2 Å². The molecule has 5 aromatic heterocycles. The molecule has 0 bridgehead atoms. The van der Waals surface area contributed by atoms with Crippen molar-refractivity contribution in [2.24, 2.45) is 0 Å². The Kier molecular flexibility index (Phi) is 6.75. The van der Waals surface area contributed by atoms with E-state index in [1.54, 1.807) is 4.68 Å². The molecular weight excluding hydrogens is 545 g/mol. The zero-order valence-corrected chi connectivity index (χ0v) is 24.0. The number of hydrogen-bond donors (Lipinski definition) is 2. The molecule has 0 saturated carbocycles. The van der Waals surface area contributed by atoms with Gasteiger partial charge in [0.2, 0.25) is 0 Å². The van der Waals surface area contributed by atoms with E-state index in [-0.39, 0.29) is 17.6 Å². The van der Waals surface area contributed by atoms with Gasteiger partial charge in [-0.1, -0.05) is 12.1 Å². The first-order valence-corrected chi connectivity index (χ1v) is 14.3. The summed E-state index contributed by atoms with van der Waals surface area (Å²) in [5.74, 6) is -0.558. The Bertz CT molecular complexity index is 1940. The topological polar surface area (TPSA) is 114 Å². The van der Waals surface area contributed by atoms with Crippen LogP contribution in [0.2, 0.25) is 0 Å². The number of likely N-dealkylation sites (N-methyl/N-ethyl adjacent to an activating group) is 1. The Labute approximate surface area is 247 Å². The van der Waals surface area contributed by atoms with Crippen molar-refractivity contribution in [1.82, 2.24) is 38.9 Å². The van der Waals surface area contributed by atoms with E-state index in [0.29, 0.717) is 22.3 Å². The number of benzene rings is 1. The van der Waals surface area contributed by atoms with E-state index in [9.17, 15) is 9.50 Å². The summed E-state index contributed by atoms with van der Waals surface area (Å²) in [5, 5.41) is 15.5. The molecule has 218 valence electrons. The van der Waals surface area contributed by atoms with Gasteiger partial charge < -0.3 is 20.1 Å². The van der Waals surface area contributed by atoms with E-state index in [1.807, 2.05) is 31.3 Å². The van der Waals surface area contributed by atoms with Gasteiger partial charge in [0.05, 0.1) is 28.5 Å². The van der Waals surface area contributed by atoms with Crippen molar-refractivity contribution in [3.63, 3.8) is 0 Å². The summed E-state index contributed by atoms with van der Waals surface area (Å²) in [4.78, 5) is 18.7. The third-order valence-electron chi connectivity index (χ3n) is 8.23. The highest BCUT2D eigenvalue weighted by Gasteiger charge is 2.26. The highest BCUT2D eigenvalue weighted by molar-refractivity contribution is 5.98. The summed E-state index contributed by atoms with van der Waals surface area (Å²) >= 11 is 0. The second kappa shape index (κ2) is 10.8. The molecule has 1 aliphatic rings. The number of fused-ring (bicyclic) bond motifs is 2. The Balaban J connectivity index is 1.35. The van der Waals surface area contributed by atoms with Crippen LogP contribution in [0.15, 0.2) is 73.2 Å². The minimum absolute atomic E-state index is 0.204. The number of aromatic hydroxyl groups is 1. The van der Waals surface area contributed by atoms with Crippen LogP contribution in [0.4, 0.5) is 10.2 Å². The molecule has 1 fully saturated rings. The van der Waals surface area contributed by atoms with Crippen LogP contribution in [-0.2, 0) is 6.54 Å². The first-order chi connectivity index (χ1) is 20.9. The molecule has 1 atom stereocenters. The number of phenols is 1. The molecule has 7 rings (SSSR count). The lowest BCUT2D eigenvalue weighted by Gasteiger charge is -2.32. The smallest absolute Gasteiger partial charge is 0.164 e. The van der Waals surface area contributed by atoms with Crippen LogP contribution in [-0.4, -0.2) is 77.3 Å². The molecule has 0 aliphatic carbocycles. The van der Waals surface area contributed by atoms with Crippen LogP contribution < -0.4 is 5.73 Å². The summed E-state index contributed by atoms with van der Waals surface area (Å²) in [6.45, 7) is 6.97. The number of pyridine rings is 2. The van der Waals surface area contributed by atoms with Gasteiger partial charge in [0.25, 0.3) is 0 Å². The van der Waals surface area contributed by atoms with Crippen molar-refractivity contribution < 1.29 is 9.50 Å². The third kappa shape index (κ3) is 4.96. The van der Waals surface area contributed by atoms with Gasteiger partial charge in [-0.2, -0.15) is 5.10 Å². The van der Waals surface area contributed by atoms with Gasteiger partial charge >= 0.3 is 0 Å². The van der Waals surface area contributed by atoms with Gasteiger partial charge in [0.15, 0.2) is 5.65 Å². The van der Waals surface area contributed by atoms with Crippen LogP contribution >= 0.6 is 0 Å².